The van der Waals surface area contributed by atoms with E-state index in [-0.39, 0.29) is 0 Å². The first kappa shape index (κ1) is 16.8. The van der Waals surface area contributed by atoms with Crippen LogP contribution in [-0.4, -0.2) is 0 Å². The van der Waals surface area contributed by atoms with Gasteiger partial charge >= 0.3 is 0 Å². The molecular formula is C23H27N. The molecule has 0 radical (unpaired) electrons. The molecule has 24 heavy (non-hydrogen) atoms. The molecule has 0 unspecified atom stereocenters. The van der Waals surface area contributed by atoms with Gasteiger partial charge in [-0.3, -0.25) is 0 Å². The first-order valence-corrected chi connectivity index (χ1v) is 9.40. The van der Waals surface area contributed by atoms with Gasteiger partial charge in [-0.1, -0.05) is 68.5 Å². The highest BCUT2D eigenvalue weighted by Gasteiger charge is 2.13. The first-order chi connectivity index (χ1) is 11.8. The second-order valence-electron chi connectivity index (χ2n) is 7.17. The van der Waals surface area contributed by atoms with Gasteiger partial charge in [-0.25, -0.2) is 0 Å². The van der Waals surface area contributed by atoms with Gasteiger partial charge < -0.3 is 0 Å². The first-order valence-electron chi connectivity index (χ1n) is 9.40. The van der Waals surface area contributed by atoms with Gasteiger partial charge in [0, 0.05) is 0 Å². The van der Waals surface area contributed by atoms with Crippen LogP contribution in [-0.2, 0) is 19.3 Å². The van der Waals surface area contributed by atoms with Gasteiger partial charge in [0.25, 0.3) is 0 Å². The highest BCUT2D eigenvalue weighted by molar-refractivity contribution is 5.33. The summed E-state index contributed by atoms with van der Waals surface area (Å²) in [7, 11) is 0. The highest BCUT2D eigenvalue weighted by Crippen LogP contribution is 2.27. The monoisotopic (exact) mass is 317 g/mol. The van der Waals surface area contributed by atoms with Crippen molar-refractivity contribution in [3.05, 3.63) is 70.8 Å². The standard InChI is InChI=1S/C23H27N/c24-18-23-11-5-10-22(17-23)15-14-21-9-4-8-20(16-21)13-12-19-6-2-1-3-7-19/h4-5,8-11,16-17,19H,1-3,6-7,12-15H2. The molecule has 0 saturated heterocycles. The quantitative estimate of drug-likeness (QED) is 0.655. The van der Waals surface area contributed by atoms with Crippen LogP contribution in [0.2, 0.25) is 0 Å². The maximum absolute atomic E-state index is 9.00. The lowest BCUT2D eigenvalue weighted by atomic mass is 9.85. The minimum atomic E-state index is 0.758. The Morgan fingerprint density at radius 2 is 1.42 bits per heavy atom. The summed E-state index contributed by atoms with van der Waals surface area (Å²) in [6.07, 6.45) is 11.8. The van der Waals surface area contributed by atoms with E-state index in [1.165, 1.54) is 61.6 Å². The maximum Gasteiger partial charge on any atom is 0.0991 e. The minimum Gasteiger partial charge on any atom is -0.192 e. The Morgan fingerprint density at radius 1 is 0.792 bits per heavy atom. The lowest BCUT2D eigenvalue weighted by molar-refractivity contribution is 0.339. The van der Waals surface area contributed by atoms with Crippen molar-refractivity contribution in [1.82, 2.24) is 0 Å². The number of rotatable bonds is 6. The van der Waals surface area contributed by atoms with Crippen LogP contribution in [0.4, 0.5) is 0 Å². The van der Waals surface area contributed by atoms with Gasteiger partial charge in [-0.2, -0.15) is 5.26 Å². The molecule has 1 aliphatic carbocycles. The summed E-state index contributed by atoms with van der Waals surface area (Å²) < 4.78 is 0. The molecule has 0 spiro atoms. The molecule has 124 valence electrons. The van der Waals surface area contributed by atoms with E-state index < -0.39 is 0 Å². The number of aryl methyl sites for hydroxylation is 3. The average molecular weight is 317 g/mol. The van der Waals surface area contributed by atoms with E-state index in [2.05, 4.69) is 36.4 Å². The molecular weight excluding hydrogens is 290 g/mol. The Kier molecular flexibility index (Phi) is 6.07. The number of nitrogens with zero attached hydrogens (tertiary/aromatic N) is 1. The molecule has 1 fully saturated rings. The third kappa shape index (κ3) is 4.96. The largest absolute Gasteiger partial charge is 0.192 e. The van der Waals surface area contributed by atoms with Gasteiger partial charge in [0.15, 0.2) is 0 Å². The average Bonchev–Trinajstić information content (AvgIpc) is 2.66. The highest BCUT2D eigenvalue weighted by atomic mass is 14.2. The Bertz CT molecular complexity index is 689. The van der Waals surface area contributed by atoms with Gasteiger partial charge in [0.2, 0.25) is 0 Å². The summed E-state index contributed by atoms with van der Waals surface area (Å²) in [5.41, 5.74) is 4.91. The van der Waals surface area contributed by atoms with E-state index in [1.54, 1.807) is 0 Å². The smallest absolute Gasteiger partial charge is 0.0991 e. The van der Waals surface area contributed by atoms with Crippen LogP contribution in [0.3, 0.4) is 0 Å². The molecule has 1 aliphatic rings. The molecule has 0 atom stereocenters. The third-order valence-corrected chi connectivity index (χ3v) is 5.32. The van der Waals surface area contributed by atoms with Crippen molar-refractivity contribution in [2.24, 2.45) is 5.92 Å². The topological polar surface area (TPSA) is 23.8 Å². The van der Waals surface area contributed by atoms with Crippen LogP contribution in [0.5, 0.6) is 0 Å². The third-order valence-electron chi connectivity index (χ3n) is 5.32. The van der Waals surface area contributed by atoms with Crippen LogP contribution in [0, 0.1) is 17.2 Å². The Morgan fingerprint density at radius 3 is 2.12 bits per heavy atom. The molecule has 0 aliphatic heterocycles. The van der Waals surface area contributed by atoms with Crippen molar-refractivity contribution in [1.29, 1.82) is 5.26 Å². The van der Waals surface area contributed by atoms with Gasteiger partial charge in [0.1, 0.15) is 0 Å². The summed E-state index contributed by atoms with van der Waals surface area (Å²) in [4.78, 5) is 0. The van der Waals surface area contributed by atoms with Crippen LogP contribution in [0.25, 0.3) is 0 Å². The molecule has 0 bridgehead atoms. The number of hydrogen-bond acceptors (Lipinski definition) is 1. The van der Waals surface area contributed by atoms with E-state index in [0.29, 0.717) is 0 Å². The predicted molar refractivity (Wildman–Crippen MR) is 99.9 cm³/mol. The van der Waals surface area contributed by atoms with E-state index in [0.717, 1.165) is 24.3 Å². The fourth-order valence-corrected chi connectivity index (χ4v) is 3.87. The van der Waals surface area contributed by atoms with Gasteiger partial charge in [-0.05, 0) is 60.4 Å². The predicted octanol–water partition coefficient (Wildman–Crippen LogP) is 5.86. The summed E-state index contributed by atoms with van der Waals surface area (Å²) in [5.74, 6) is 0.955. The SMILES string of the molecule is N#Cc1cccc(CCc2cccc(CCC3CCCCC3)c2)c1. The summed E-state index contributed by atoms with van der Waals surface area (Å²) in [6.45, 7) is 0. The number of nitriles is 1. The van der Waals surface area contributed by atoms with Crippen molar-refractivity contribution in [2.45, 2.75) is 57.8 Å². The lowest BCUT2D eigenvalue weighted by Gasteiger charge is -2.21. The van der Waals surface area contributed by atoms with Gasteiger partial charge in [-0.15, -0.1) is 0 Å². The van der Waals surface area contributed by atoms with Crippen molar-refractivity contribution >= 4 is 0 Å². The zero-order valence-electron chi connectivity index (χ0n) is 14.5. The Labute approximate surface area is 146 Å². The van der Waals surface area contributed by atoms with Crippen LogP contribution < -0.4 is 0 Å². The van der Waals surface area contributed by atoms with Crippen molar-refractivity contribution < 1.29 is 0 Å². The van der Waals surface area contributed by atoms with Crippen molar-refractivity contribution in [3.8, 4) is 6.07 Å². The molecule has 1 saturated carbocycles. The molecule has 1 nitrogen and oxygen atoms in total. The second-order valence-corrected chi connectivity index (χ2v) is 7.17. The summed E-state index contributed by atoms with van der Waals surface area (Å²) >= 11 is 0. The Hall–Kier alpha value is -2.07. The molecule has 0 amide bonds. The summed E-state index contributed by atoms with van der Waals surface area (Å²) in [5, 5.41) is 9.00. The number of hydrogen-bond donors (Lipinski definition) is 0. The van der Waals surface area contributed by atoms with Crippen LogP contribution in [0.1, 0.15) is 60.8 Å². The molecule has 1 heteroatoms. The molecule has 2 aromatic rings. The molecule has 0 N–H and O–H groups in total. The normalized spacial score (nSPS) is 15.1. The molecule has 2 aromatic carbocycles. The molecule has 0 heterocycles. The van der Waals surface area contributed by atoms with Crippen molar-refractivity contribution in [3.63, 3.8) is 0 Å². The van der Waals surface area contributed by atoms with Crippen molar-refractivity contribution in [2.75, 3.05) is 0 Å². The Balaban J connectivity index is 1.53. The van der Waals surface area contributed by atoms with E-state index >= 15 is 0 Å². The van der Waals surface area contributed by atoms with E-state index in [1.807, 2.05) is 18.2 Å². The molecule has 3 rings (SSSR count). The zero-order chi connectivity index (χ0) is 16.6. The lowest BCUT2D eigenvalue weighted by Crippen LogP contribution is -2.07. The van der Waals surface area contributed by atoms with Gasteiger partial charge in [0.05, 0.1) is 11.6 Å². The second kappa shape index (κ2) is 8.69. The van der Waals surface area contributed by atoms with Crippen LogP contribution in [0.15, 0.2) is 48.5 Å². The van der Waals surface area contributed by atoms with E-state index in [9.17, 15) is 0 Å². The fourth-order valence-electron chi connectivity index (χ4n) is 3.87. The zero-order valence-corrected chi connectivity index (χ0v) is 14.5. The van der Waals surface area contributed by atoms with Crippen LogP contribution >= 0.6 is 0 Å². The fraction of sp³-hybridized carbons (Fsp3) is 0.435. The maximum atomic E-state index is 9.00. The molecule has 0 aromatic heterocycles. The summed E-state index contributed by atoms with van der Waals surface area (Å²) in [6, 6.07) is 19.3. The van der Waals surface area contributed by atoms with E-state index in [4.69, 9.17) is 5.26 Å². The minimum absolute atomic E-state index is 0.758. The number of benzene rings is 2.